The molecule has 2 amide bonds. The zero-order valence-corrected chi connectivity index (χ0v) is 14.1. The van der Waals surface area contributed by atoms with Gasteiger partial charge in [-0.3, -0.25) is 4.90 Å². The van der Waals surface area contributed by atoms with Crippen LogP contribution in [0, 0.1) is 6.92 Å². The number of rotatable bonds is 1. The van der Waals surface area contributed by atoms with Crippen LogP contribution in [0.15, 0.2) is 54.6 Å². The van der Waals surface area contributed by atoms with Crippen molar-refractivity contribution in [3.05, 3.63) is 65.7 Å². The highest BCUT2D eigenvalue weighted by Crippen LogP contribution is 2.39. The molecule has 0 atom stereocenters. The number of nitrogens with zero attached hydrogens (tertiary/aromatic N) is 1. The first-order valence-corrected chi connectivity index (χ1v) is 7.85. The van der Waals surface area contributed by atoms with Crippen LogP contribution in [0.1, 0.15) is 31.9 Å². The number of allylic oxidation sites excluding steroid dienone is 1. The molecule has 1 aliphatic rings. The highest BCUT2D eigenvalue weighted by molar-refractivity contribution is 6.06. The Morgan fingerprint density at radius 3 is 2.43 bits per heavy atom. The molecule has 1 N–H and O–H groups in total. The minimum Gasteiger partial charge on any atom is -0.308 e. The molecule has 2 aromatic carbocycles. The Balaban J connectivity index is 2.03. The maximum atomic E-state index is 12.9. The zero-order chi connectivity index (χ0) is 16.6. The average Bonchev–Trinajstić information content (AvgIpc) is 2.46. The van der Waals surface area contributed by atoms with Crippen molar-refractivity contribution in [1.29, 1.82) is 0 Å². The van der Waals surface area contributed by atoms with E-state index in [9.17, 15) is 4.79 Å². The highest BCUT2D eigenvalue weighted by atomic mass is 16.2. The quantitative estimate of drug-likeness (QED) is 0.768. The molecule has 0 aliphatic carbocycles. The van der Waals surface area contributed by atoms with E-state index in [1.807, 2.05) is 42.2 Å². The second-order valence-electron chi connectivity index (χ2n) is 6.63. The van der Waals surface area contributed by atoms with E-state index < -0.39 is 0 Å². The first-order valence-electron chi connectivity index (χ1n) is 7.85. The van der Waals surface area contributed by atoms with Gasteiger partial charge >= 0.3 is 6.03 Å². The Morgan fingerprint density at radius 2 is 1.74 bits per heavy atom. The van der Waals surface area contributed by atoms with Crippen LogP contribution < -0.4 is 10.2 Å². The van der Waals surface area contributed by atoms with E-state index in [2.05, 4.69) is 50.4 Å². The van der Waals surface area contributed by atoms with Gasteiger partial charge in [0.25, 0.3) is 0 Å². The van der Waals surface area contributed by atoms with E-state index >= 15 is 0 Å². The molecule has 2 aromatic rings. The largest absolute Gasteiger partial charge is 0.327 e. The standard InChI is InChI=1S/C20H22N2O/c1-14-10-11-17-15(2)13-20(3,4)22(18(17)12-14)19(23)21-16-8-6-5-7-9-16/h5-13H,1-4H3,(H,21,23). The summed E-state index contributed by atoms with van der Waals surface area (Å²) in [5, 5.41) is 3.00. The molecule has 0 unspecified atom stereocenters. The fourth-order valence-corrected chi connectivity index (χ4v) is 3.21. The van der Waals surface area contributed by atoms with Crippen LogP contribution in [0.4, 0.5) is 16.2 Å². The SMILES string of the molecule is CC1=CC(C)(C)N(C(=O)Nc2ccccc2)c2cc(C)ccc21. The summed E-state index contributed by atoms with van der Waals surface area (Å²) >= 11 is 0. The summed E-state index contributed by atoms with van der Waals surface area (Å²) in [7, 11) is 0. The van der Waals surface area contributed by atoms with Gasteiger partial charge in [0.15, 0.2) is 0 Å². The van der Waals surface area contributed by atoms with Crippen molar-refractivity contribution < 1.29 is 4.79 Å². The van der Waals surface area contributed by atoms with Gasteiger partial charge in [0.2, 0.25) is 0 Å². The van der Waals surface area contributed by atoms with Crippen LogP contribution >= 0.6 is 0 Å². The van der Waals surface area contributed by atoms with Gasteiger partial charge in [-0.15, -0.1) is 0 Å². The molecule has 23 heavy (non-hydrogen) atoms. The fourth-order valence-electron chi connectivity index (χ4n) is 3.21. The monoisotopic (exact) mass is 306 g/mol. The molecule has 0 aromatic heterocycles. The van der Waals surface area contributed by atoms with Crippen LogP contribution in [0.25, 0.3) is 5.57 Å². The maximum Gasteiger partial charge on any atom is 0.327 e. The molecule has 118 valence electrons. The topological polar surface area (TPSA) is 32.3 Å². The molecule has 0 spiro atoms. The van der Waals surface area contributed by atoms with Gasteiger partial charge in [0, 0.05) is 11.3 Å². The van der Waals surface area contributed by atoms with Crippen LogP contribution in [-0.4, -0.2) is 11.6 Å². The first kappa shape index (κ1) is 15.3. The smallest absolute Gasteiger partial charge is 0.308 e. The van der Waals surface area contributed by atoms with E-state index in [0.717, 1.165) is 22.5 Å². The summed E-state index contributed by atoms with van der Waals surface area (Å²) < 4.78 is 0. The molecule has 0 saturated heterocycles. The van der Waals surface area contributed by atoms with Crippen molar-refractivity contribution in [2.45, 2.75) is 33.2 Å². The fraction of sp³-hybridized carbons (Fsp3) is 0.250. The molecule has 0 saturated carbocycles. The molecule has 1 aliphatic heterocycles. The Bertz CT molecular complexity index is 775. The van der Waals surface area contributed by atoms with E-state index in [-0.39, 0.29) is 11.6 Å². The van der Waals surface area contributed by atoms with Crippen LogP contribution in [0.2, 0.25) is 0 Å². The van der Waals surface area contributed by atoms with Gasteiger partial charge in [0.1, 0.15) is 0 Å². The minimum absolute atomic E-state index is 0.114. The number of urea groups is 1. The van der Waals surface area contributed by atoms with E-state index in [4.69, 9.17) is 0 Å². The number of amides is 2. The van der Waals surface area contributed by atoms with Crippen molar-refractivity contribution >= 4 is 23.0 Å². The molecule has 3 rings (SSSR count). The number of anilines is 2. The van der Waals surface area contributed by atoms with Crippen LogP contribution in [0.5, 0.6) is 0 Å². The number of nitrogens with one attached hydrogen (secondary N) is 1. The molecule has 3 heteroatoms. The lowest BCUT2D eigenvalue weighted by molar-refractivity contribution is 0.253. The van der Waals surface area contributed by atoms with Crippen molar-refractivity contribution in [2.24, 2.45) is 0 Å². The number of fused-ring (bicyclic) bond motifs is 1. The predicted octanol–water partition coefficient (Wildman–Crippen LogP) is 5.23. The van der Waals surface area contributed by atoms with Crippen molar-refractivity contribution in [3.8, 4) is 0 Å². The number of aryl methyl sites for hydroxylation is 1. The van der Waals surface area contributed by atoms with Crippen LogP contribution in [-0.2, 0) is 0 Å². The molecule has 3 nitrogen and oxygen atoms in total. The highest BCUT2D eigenvalue weighted by Gasteiger charge is 2.35. The third-order valence-electron chi connectivity index (χ3n) is 4.19. The summed E-state index contributed by atoms with van der Waals surface area (Å²) in [4.78, 5) is 14.8. The third-order valence-corrected chi connectivity index (χ3v) is 4.19. The van der Waals surface area contributed by atoms with Gasteiger partial charge in [-0.2, -0.15) is 0 Å². The number of hydrogen-bond donors (Lipinski definition) is 1. The lowest BCUT2D eigenvalue weighted by Crippen LogP contribution is -2.50. The Kier molecular flexibility index (Phi) is 3.72. The molecule has 0 bridgehead atoms. The minimum atomic E-state index is -0.385. The predicted molar refractivity (Wildman–Crippen MR) is 96.8 cm³/mol. The zero-order valence-electron chi connectivity index (χ0n) is 14.1. The normalized spacial score (nSPS) is 15.7. The summed E-state index contributed by atoms with van der Waals surface area (Å²) in [6.45, 7) is 8.27. The van der Waals surface area contributed by atoms with Gasteiger partial charge in [-0.05, 0) is 57.0 Å². The number of carbonyl (C=O) groups is 1. The Morgan fingerprint density at radius 1 is 1.04 bits per heavy atom. The summed E-state index contributed by atoms with van der Waals surface area (Å²) in [5.74, 6) is 0. The molecule has 0 radical (unpaired) electrons. The second-order valence-corrected chi connectivity index (χ2v) is 6.63. The summed E-state index contributed by atoms with van der Waals surface area (Å²) in [6.07, 6.45) is 2.15. The number of para-hydroxylation sites is 1. The molecular weight excluding hydrogens is 284 g/mol. The van der Waals surface area contributed by atoms with Gasteiger partial charge in [0.05, 0.1) is 11.2 Å². The summed E-state index contributed by atoms with van der Waals surface area (Å²) in [6, 6.07) is 15.7. The lowest BCUT2D eigenvalue weighted by Gasteiger charge is -2.41. The molecule has 1 heterocycles. The van der Waals surface area contributed by atoms with Crippen LogP contribution in [0.3, 0.4) is 0 Å². The van der Waals surface area contributed by atoms with E-state index in [1.165, 1.54) is 5.57 Å². The van der Waals surface area contributed by atoms with E-state index in [0.29, 0.717) is 0 Å². The first-order chi connectivity index (χ1) is 10.9. The third kappa shape index (κ3) is 2.87. The van der Waals surface area contributed by atoms with E-state index in [1.54, 1.807) is 0 Å². The Hall–Kier alpha value is -2.55. The van der Waals surface area contributed by atoms with Gasteiger partial charge in [-0.25, -0.2) is 4.79 Å². The second kappa shape index (κ2) is 5.58. The molecular formula is C20H22N2O. The maximum absolute atomic E-state index is 12.9. The average molecular weight is 306 g/mol. The summed E-state index contributed by atoms with van der Waals surface area (Å²) in [5.41, 5.74) is 4.83. The van der Waals surface area contributed by atoms with Crippen molar-refractivity contribution in [2.75, 3.05) is 10.2 Å². The Labute approximate surface area is 137 Å². The lowest BCUT2D eigenvalue weighted by atomic mass is 9.88. The van der Waals surface area contributed by atoms with Gasteiger partial charge in [-0.1, -0.05) is 36.4 Å². The number of hydrogen-bond acceptors (Lipinski definition) is 1. The van der Waals surface area contributed by atoms with Crippen molar-refractivity contribution in [3.63, 3.8) is 0 Å². The number of carbonyl (C=O) groups excluding carboxylic acids is 1. The molecule has 0 fully saturated rings. The number of benzene rings is 2. The van der Waals surface area contributed by atoms with Gasteiger partial charge < -0.3 is 5.32 Å². The van der Waals surface area contributed by atoms with Crippen molar-refractivity contribution in [1.82, 2.24) is 0 Å².